The molecule has 1 heterocycles. The van der Waals surface area contributed by atoms with E-state index in [1.165, 1.54) is 0 Å². The van der Waals surface area contributed by atoms with Crippen LogP contribution in [0.4, 0.5) is 5.69 Å². The first-order chi connectivity index (χ1) is 13.6. The Hall–Kier alpha value is -2.57. The fourth-order valence-corrected chi connectivity index (χ4v) is 3.79. The first kappa shape index (κ1) is 18.8. The van der Waals surface area contributed by atoms with Gasteiger partial charge in [-0.15, -0.1) is 11.8 Å². The summed E-state index contributed by atoms with van der Waals surface area (Å²) in [5.41, 5.74) is 11.2. The zero-order valence-electron chi connectivity index (χ0n) is 16.1. The summed E-state index contributed by atoms with van der Waals surface area (Å²) in [7, 11) is 0. The summed E-state index contributed by atoms with van der Waals surface area (Å²) >= 11 is 1.58. The molecule has 1 saturated carbocycles. The molecule has 5 nitrogen and oxygen atoms in total. The Morgan fingerprint density at radius 2 is 2.00 bits per heavy atom. The lowest BCUT2D eigenvalue weighted by molar-refractivity contribution is 0.0951. The summed E-state index contributed by atoms with van der Waals surface area (Å²) in [6.45, 7) is 2.01. The molecule has 4 rings (SSSR count). The van der Waals surface area contributed by atoms with Gasteiger partial charge in [-0.05, 0) is 55.4 Å². The zero-order valence-corrected chi connectivity index (χ0v) is 16.9. The fraction of sp³-hybridized carbons (Fsp3) is 0.273. The van der Waals surface area contributed by atoms with Crippen molar-refractivity contribution in [3.8, 4) is 0 Å². The van der Waals surface area contributed by atoms with Gasteiger partial charge in [0.1, 0.15) is 11.2 Å². The molecular weight excluding hydrogens is 368 g/mol. The third-order valence-corrected chi connectivity index (χ3v) is 5.68. The van der Waals surface area contributed by atoms with E-state index in [0.29, 0.717) is 11.6 Å². The first-order valence-electron chi connectivity index (χ1n) is 9.43. The summed E-state index contributed by atoms with van der Waals surface area (Å²) < 4.78 is 0. The van der Waals surface area contributed by atoms with Gasteiger partial charge in [-0.2, -0.15) is 5.10 Å². The molecule has 1 unspecified atom stereocenters. The number of amides is 1. The number of carbonyl (C=O) groups is 1. The summed E-state index contributed by atoms with van der Waals surface area (Å²) in [5, 5.41) is 10.5. The minimum atomic E-state index is -0.400. The predicted octanol–water partition coefficient (Wildman–Crippen LogP) is 3.75. The Bertz CT molecular complexity index is 950. The Balaban J connectivity index is 1.66. The quantitative estimate of drug-likeness (QED) is 0.831. The van der Waals surface area contributed by atoms with E-state index < -0.39 is 6.17 Å². The largest absolute Gasteiger partial charge is 0.349 e. The van der Waals surface area contributed by atoms with Crippen molar-refractivity contribution < 1.29 is 4.79 Å². The molecule has 1 aliphatic heterocycles. The number of carbonyl (C=O) groups excluding carboxylic acids is 1. The molecule has 144 valence electrons. The van der Waals surface area contributed by atoms with Gasteiger partial charge >= 0.3 is 0 Å². The van der Waals surface area contributed by atoms with Crippen LogP contribution in [0.1, 0.15) is 34.3 Å². The van der Waals surface area contributed by atoms with Crippen molar-refractivity contribution in [1.29, 1.82) is 0 Å². The van der Waals surface area contributed by atoms with E-state index in [4.69, 9.17) is 10.8 Å². The van der Waals surface area contributed by atoms with E-state index in [2.05, 4.69) is 23.5 Å². The summed E-state index contributed by atoms with van der Waals surface area (Å²) in [4.78, 5) is 12.5. The third-order valence-electron chi connectivity index (χ3n) is 4.97. The number of anilines is 1. The van der Waals surface area contributed by atoms with Gasteiger partial charge in [0.05, 0.1) is 5.69 Å². The number of hydrazone groups is 1. The van der Waals surface area contributed by atoms with E-state index in [0.717, 1.165) is 40.3 Å². The van der Waals surface area contributed by atoms with Gasteiger partial charge in [0.2, 0.25) is 0 Å². The monoisotopic (exact) mass is 392 g/mol. The van der Waals surface area contributed by atoms with Crippen LogP contribution in [0, 0.1) is 6.92 Å². The van der Waals surface area contributed by atoms with Crippen LogP contribution in [0.25, 0.3) is 6.08 Å². The average Bonchev–Trinajstić information content (AvgIpc) is 3.47. The van der Waals surface area contributed by atoms with Gasteiger partial charge in [0.15, 0.2) is 0 Å². The molecule has 0 bridgehead atoms. The van der Waals surface area contributed by atoms with Crippen molar-refractivity contribution in [2.24, 2.45) is 10.8 Å². The molecular formula is C22H24N4OS. The maximum Gasteiger partial charge on any atom is 0.251 e. The standard InChI is InChI=1S/C22H24N4OS/c1-14-8-9-16(21(27)24-17-10-11-17)13-19(14)26-20(23)18(22(25-26)28-2)12-15-6-4-3-5-7-15/h3-9,12-13,17,20H,10-11,23H2,1-2H3,(H,24,27). The normalized spacial score (nSPS) is 20.4. The Kier molecular flexibility index (Phi) is 5.24. The van der Waals surface area contributed by atoms with Gasteiger partial charge in [-0.3, -0.25) is 4.79 Å². The van der Waals surface area contributed by atoms with Gasteiger partial charge in [-0.1, -0.05) is 36.4 Å². The fourth-order valence-electron chi connectivity index (χ4n) is 3.21. The van der Waals surface area contributed by atoms with E-state index in [-0.39, 0.29) is 5.91 Å². The lowest BCUT2D eigenvalue weighted by Crippen LogP contribution is -2.37. The minimum Gasteiger partial charge on any atom is -0.349 e. The summed E-state index contributed by atoms with van der Waals surface area (Å²) in [5.74, 6) is -0.0364. The van der Waals surface area contributed by atoms with E-state index in [1.807, 2.05) is 54.6 Å². The second-order valence-corrected chi connectivity index (χ2v) is 7.95. The maximum absolute atomic E-state index is 12.5. The van der Waals surface area contributed by atoms with Crippen molar-refractivity contribution >= 4 is 34.5 Å². The number of hydrogen-bond acceptors (Lipinski definition) is 5. The number of nitrogens with zero attached hydrogens (tertiary/aromatic N) is 2. The first-order valence-corrected chi connectivity index (χ1v) is 10.6. The number of thioether (sulfide) groups is 1. The topological polar surface area (TPSA) is 70.7 Å². The van der Waals surface area contributed by atoms with Crippen LogP contribution in [0.15, 0.2) is 59.2 Å². The van der Waals surface area contributed by atoms with E-state index in [1.54, 1.807) is 11.8 Å². The molecule has 1 atom stereocenters. The second kappa shape index (κ2) is 7.81. The SMILES string of the molecule is CSC1=NN(c2cc(C(=O)NC3CC3)ccc2C)C(N)C1=Cc1ccccc1. The van der Waals surface area contributed by atoms with Crippen molar-refractivity contribution in [3.05, 3.63) is 70.8 Å². The highest BCUT2D eigenvalue weighted by atomic mass is 32.2. The maximum atomic E-state index is 12.5. The molecule has 0 spiro atoms. The van der Waals surface area contributed by atoms with Crippen molar-refractivity contribution in [1.82, 2.24) is 5.32 Å². The van der Waals surface area contributed by atoms with Crippen molar-refractivity contribution in [3.63, 3.8) is 0 Å². The Morgan fingerprint density at radius 1 is 1.25 bits per heavy atom. The van der Waals surface area contributed by atoms with Crippen molar-refractivity contribution in [2.75, 3.05) is 11.3 Å². The molecule has 28 heavy (non-hydrogen) atoms. The lowest BCUT2D eigenvalue weighted by Gasteiger charge is -2.23. The number of aryl methyl sites for hydroxylation is 1. The van der Waals surface area contributed by atoms with Crippen LogP contribution in [0.2, 0.25) is 0 Å². The number of hydrogen-bond donors (Lipinski definition) is 2. The van der Waals surface area contributed by atoms with Crippen LogP contribution >= 0.6 is 11.8 Å². The number of nitrogens with one attached hydrogen (secondary N) is 1. The van der Waals surface area contributed by atoms with E-state index >= 15 is 0 Å². The zero-order chi connectivity index (χ0) is 19.7. The number of rotatable bonds is 4. The molecule has 0 aromatic heterocycles. The van der Waals surface area contributed by atoms with E-state index in [9.17, 15) is 4.79 Å². The highest BCUT2D eigenvalue weighted by Gasteiger charge is 2.31. The average molecular weight is 393 g/mol. The predicted molar refractivity (Wildman–Crippen MR) is 117 cm³/mol. The molecule has 0 saturated heterocycles. The highest BCUT2D eigenvalue weighted by Crippen LogP contribution is 2.33. The molecule has 1 fully saturated rings. The smallest absolute Gasteiger partial charge is 0.251 e. The lowest BCUT2D eigenvalue weighted by atomic mass is 10.1. The molecule has 6 heteroatoms. The van der Waals surface area contributed by atoms with Gasteiger partial charge < -0.3 is 11.1 Å². The molecule has 1 amide bonds. The molecule has 0 radical (unpaired) electrons. The minimum absolute atomic E-state index is 0.0364. The van der Waals surface area contributed by atoms with Gasteiger partial charge in [0.25, 0.3) is 5.91 Å². The number of benzene rings is 2. The summed E-state index contributed by atoms with van der Waals surface area (Å²) in [6.07, 6.45) is 5.81. The summed E-state index contributed by atoms with van der Waals surface area (Å²) in [6, 6.07) is 16.1. The van der Waals surface area contributed by atoms with Gasteiger partial charge in [0, 0.05) is 17.2 Å². The third kappa shape index (κ3) is 3.84. The van der Waals surface area contributed by atoms with Crippen molar-refractivity contribution in [2.45, 2.75) is 32.0 Å². The molecule has 2 aromatic carbocycles. The van der Waals surface area contributed by atoms with Crippen LogP contribution in [0.5, 0.6) is 0 Å². The Labute approximate surface area is 169 Å². The molecule has 2 aromatic rings. The Morgan fingerprint density at radius 3 is 2.68 bits per heavy atom. The van der Waals surface area contributed by atoms with Crippen LogP contribution in [0.3, 0.4) is 0 Å². The van der Waals surface area contributed by atoms with Gasteiger partial charge in [-0.25, -0.2) is 5.01 Å². The molecule has 1 aliphatic carbocycles. The highest BCUT2D eigenvalue weighted by molar-refractivity contribution is 8.13. The number of nitrogens with two attached hydrogens (primary N) is 1. The van der Waals surface area contributed by atoms with Crippen LogP contribution in [-0.4, -0.2) is 29.4 Å². The molecule has 3 N–H and O–H groups in total. The second-order valence-electron chi connectivity index (χ2n) is 7.16. The van der Waals surface area contributed by atoms with Crippen LogP contribution < -0.4 is 16.1 Å². The molecule has 2 aliphatic rings. The van der Waals surface area contributed by atoms with Crippen LogP contribution in [-0.2, 0) is 0 Å².